The predicted molar refractivity (Wildman–Crippen MR) is 71.4 cm³/mol. The van der Waals surface area contributed by atoms with Gasteiger partial charge in [0, 0.05) is 6.04 Å². The second kappa shape index (κ2) is 5.74. The Morgan fingerprint density at radius 3 is 2.39 bits per heavy atom. The molecule has 2 N–H and O–H groups in total. The van der Waals surface area contributed by atoms with Gasteiger partial charge in [0.1, 0.15) is 5.60 Å². The largest absolute Gasteiger partial charge is 0.444 e. The van der Waals surface area contributed by atoms with Gasteiger partial charge in [-0.1, -0.05) is 12.2 Å². The van der Waals surface area contributed by atoms with Crippen LogP contribution in [0.4, 0.5) is 4.79 Å². The topological polar surface area (TPSA) is 58.6 Å². The Bertz CT molecular complexity index is 309. The molecule has 0 heterocycles. The van der Waals surface area contributed by atoms with Crippen LogP contribution in [-0.4, -0.2) is 28.4 Å². The van der Waals surface area contributed by atoms with Gasteiger partial charge in [0.25, 0.3) is 0 Å². The van der Waals surface area contributed by atoms with Crippen molar-refractivity contribution < 1.29 is 14.6 Å². The summed E-state index contributed by atoms with van der Waals surface area (Å²) in [7, 11) is 0. The van der Waals surface area contributed by atoms with Crippen molar-refractivity contribution >= 4 is 6.09 Å². The molecule has 0 aliphatic heterocycles. The Morgan fingerprint density at radius 2 is 1.94 bits per heavy atom. The molecule has 0 radical (unpaired) electrons. The highest BCUT2D eigenvalue weighted by atomic mass is 16.6. The highest BCUT2D eigenvalue weighted by molar-refractivity contribution is 5.68. The molecule has 1 aliphatic carbocycles. The quantitative estimate of drug-likeness (QED) is 0.746. The van der Waals surface area contributed by atoms with Crippen molar-refractivity contribution in [1.82, 2.24) is 5.32 Å². The van der Waals surface area contributed by atoms with Crippen LogP contribution in [0.3, 0.4) is 0 Å². The van der Waals surface area contributed by atoms with Crippen LogP contribution in [0.25, 0.3) is 0 Å². The van der Waals surface area contributed by atoms with Gasteiger partial charge in [-0.15, -0.1) is 0 Å². The third-order valence-electron chi connectivity index (χ3n) is 3.05. The zero-order valence-electron chi connectivity index (χ0n) is 11.8. The molecule has 0 spiro atoms. The monoisotopic (exact) mass is 255 g/mol. The Kier molecular flexibility index (Phi) is 4.79. The van der Waals surface area contributed by atoms with E-state index < -0.39 is 11.2 Å². The van der Waals surface area contributed by atoms with Crippen LogP contribution in [0.2, 0.25) is 0 Å². The summed E-state index contributed by atoms with van der Waals surface area (Å²) in [5.41, 5.74) is -1.16. The maximum absolute atomic E-state index is 11.6. The molecule has 0 atom stereocenters. The third-order valence-corrected chi connectivity index (χ3v) is 3.05. The van der Waals surface area contributed by atoms with Gasteiger partial charge in [0.05, 0.1) is 5.60 Å². The minimum Gasteiger partial charge on any atom is -0.444 e. The number of nitrogens with one attached hydrogen (secondary N) is 1. The molecule has 4 nitrogen and oxygen atoms in total. The molecule has 104 valence electrons. The lowest BCUT2D eigenvalue weighted by Gasteiger charge is -2.34. The van der Waals surface area contributed by atoms with Crippen LogP contribution in [0.1, 0.15) is 53.4 Å². The molecule has 0 aromatic carbocycles. The van der Waals surface area contributed by atoms with Gasteiger partial charge in [-0.3, -0.25) is 0 Å². The van der Waals surface area contributed by atoms with Crippen LogP contribution in [0, 0.1) is 0 Å². The molecule has 4 heteroatoms. The smallest absolute Gasteiger partial charge is 0.407 e. The van der Waals surface area contributed by atoms with E-state index in [2.05, 4.69) is 5.32 Å². The summed E-state index contributed by atoms with van der Waals surface area (Å²) >= 11 is 0. The van der Waals surface area contributed by atoms with Crippen molar-refractivity contribution in [3.63, 3.8) is 0 Å². The summed E-state index contributed by atoms with van der Waals surface area (Å²) in [6, 6.07) is 0.102. The summed E-state index contributed by atoms with van der Waals surface area (Å²) in [6.07, 6.45) is 6.26. The fourth-order valence-electron chi connectivity index (χ4n) is 2.21. The van der Waals surface area contributed by atoms with E-state index in [1.54, 1.807) is 0 Å². The van der Waals surface area contributed by atoms with E-state index in [1.165, 1.54) is 0 Å². The number of amides is 1. The van der Waals surface area contributed by atoms with Crippen molar-refractivity contribution in [3.8, 4) is 0 Å². The minimum absolute atomic E-state index is 0.102. The van der Waals surface area contributed by atoms with E-state index >= 15 is 0 Å². The Hall–Kier alpha value is -1.03. The highest BCUT2D eigenvalue weighted by Crippen LogP contribution is 2.29. The fourth-order valence-corrected chi connectivity index (χ4v) is 2.21. The van der Waals surface area contributed by atoms with Crippen LogP contribution in [-0.2, 0) is 4.74 Å². The number of allylic oxidation sites excluding steroid dienone is 1. The van der Waals surface area contributed by atoms with Crippen LogP contribution in [0.15, 0.2) is 12.2 Å². The maximum atomic E-state index is 11.6. The summed E-state index contributed by atoms with van der Waals surface area (Å²) in [6.45, 7) is 7.44. The molecule has 0 saturated heterocycles. The molecule has 1 rings (SSSR count). The lowest BCUT2D eigenvalue weighted by molar-refractivity contribution is 0.0295. The Balaban J connectivity index is 2.38. The van der Waals surface area contributed by atoms with E-state index in [0.29, 0.717) is 12.8 Å². The summed E-state index contributed by atoms with van der Waals surface area (Å²) in [4.78, 5) is 11.6. The van der Waals surface area contributed by atoms with Gasteiger partial charge in [-0.25, -0.2) is 4.79 Å². The lowest BCUT2D eigenvalue weighted by atomic mass is 9.82. The first-order valence-electron chi connectivity index (χ1n) is 6.60. The minimum atomic E-state index is -0.694. The van der Waals surface area contributed by atoms with Crippen molar-refractivity contribution in [1.29, 1.82) is 0 Å². The standard InChI is InChI=1S/C14H25NO3/c1-5-8-14(17)9-6-11(7-10-14)15-12(16)18-13(2,3)4/h5,8,11,17H,6-7,9-10H2,1-4H3,(H,15,16)/b8-5+/t11-,14-. The van der Waals surface area contributed by atoms with Gasteiger partial charge in [-0.2, -0.15) is 0 Å². The normalized spacial score (nSPS) is 29.3. The predicted octanol–water partition coefficient (Wildman–Crippen LogP) is 2.76. The van der Waals surface area contributed by atoms with Crippen molar-refractivity contribution in [2.75, 3.05) is 0 Å². The molecule has 0 aromatic rings. The fraction of sp³-hybridized carbons (Fsp3) is 0.786. The average Bonchev–Trinajstić information content (AvgIpc) is 2.19. The first-order chi connectivity index (χ1) is 8.24. The summed E-state index contributed by atoms with van der Waals surface area (Å²) < 4.78 is 5.21. The van der Waals surface area contributed by atoms with Crippen LogP contribution < -0.4 is 5.32 Å². The second-order valence-electron chi connectivity index (χ2n) is 6.02. The second-order valence-corrected chi connectivity index (χ2v) is 6.02. The van der Waals surface area contributed by atoms with Gasteiger partial charge < -0.3 is 15.2 Å². The maximum Gasteiger partial charge on any atom is 0.407 e. The molecule has 18 heavy (non-hydrogen) atoms. The first kappa shape index (κ1) is 15.0. The molecule has 1 amide bonds. The molecule has 0 bridgehead atoms. The number of rotatable bonds is 2. The zero-order valence-corrected chi connectivity index (χ0v) is 11.8. The van der Waals surface area contributed by atoms with Crippen molar-refractivity contribution in [3.05, 3.63) is 12.2 Å². The van der Waals surface area contributed by atoms with Crippen molar-refractivity contribution in [2.24, 2.45) is 0 Å². The number of alkyl carbamates (subject to hydrolysis) is 1. The van der Waals surface area contributed by atoms with E-state index in [-0.39, 0.29) is 12.1 Å². The summed E-state index contributed by atoms with van der Waals surface area (Å²) in [5.74, 6) is 0. The van der Waals surface area contributed by atoms with E-state index in [0.717, 1.165) is 12.8 Å². The van der Waals surface area contributed by atoms with Crippen molar-refractivity contribution in [2.45, 2.75) is 70.6 Å². The molecule has 0 unspecified atom stereocenters. The average molecular weight is 255 g/mol. The zero-order chi connectivity index (χ0) is 13.8. The SMILES string of the molecule is C/C=C/[C@]1(O)CC[C@H](NC(=O)OC(C)(C)C)CC1. The number of carbonyl (C=O) groups is 1. The Morgan fingerprint density at radius 1 is 1.39 bits per heavy atom. The van der Waals surface area contributed by atoms with Gasteiger partial charge in [0.2, 0.25) is 0 Å². The number of hydrogen-bond acceptors (Lipinski definition) is 3. The lowest BCUT2D eigenvalue weighted by Crippen LogP contribution is -2.44. The van der Waals surface area contributed by atoms with Crippen LogP contribution in [0.5, 0.6) is 0 Å². The van der Waals surface area contributed by atoms with Gasteiger partial charge in [-0.05, 0) is 53.4 Å². The molecule has 1 aliphatic rings. The molecular formula is C14H25NO3. The first-order valence-corrected chi connectivity index (χ1v) is 6.60. The third kappa shape index (κ3) is 5.08. The van der Waals surface area contributed by atoms with E-state index in [9.17, 15) is 9.90 Å². The van der Waals surface area contributed by atoms with Gasteiger partial charge in [0.15, 0.2) is 0 Å². The number of ether oxygens (including phenoxy) is 1. The highest BCUT2D eigenvalue weighted by Gasteiger charge is 2.31. The van der Waals surface area contributed by atoms with Crippen LogP contribution >= 0.6 is 0 Å². The molecule has 0 aromatic heterocycles. The van der Waals surface area contributed by atoms with E-state index in [1.807, 2.05) is 39.8 Å². The number of carbonyl (C=O) groups excluding carboxylic acids is 1. The molecule has 1 saturated carbocycles. The number of aliphatic hydroxyl groups is 1. The molecular weight excluding hydrogens is 230 g/mol. The number of hydrogen-bond donors (Lipinski definition) is 2. The van der Waals surface area contributed by atoms with Gasteiger partial charge >= 0.3 is 6.09 Å². The summed E-state index contributed by atoms with van der Waals surface area (Å²) in [5, 5.41) is 13.0. The van der Waals surface area contributed by atoms with E-state index in [4.69, 9.17) is 4.74 Å². The molecule has 1 fully saturated rings. The Labute approximate surface area is 109 Å².